The van der Waals surface area contributed by atoms with Crippen LogP contribution in [-0.4, -0.2) is 25.4 Å². The van der Waals surface area contributed by atoms with E-state index in [1.807, 2.05) is 4.72 Å². The lowest BCUT2D eigenvalue weighted by molar-refractivity contribution is -0.385. The van der Waals surface area contributed by atoms with Crippen LogP contribution in [0.15, 0.2) is 23.1 Å². The molecule has 0 atom stereocenters. The Morgan fingerprint density at radius 1 is 1.32 bits per heavy atom. The first-order valence-corrected chi connectivity index (χ1v) is 7.38. The standard InChI is InChI=1S/C11H14F3N3O4S/c1-10(2,6-15)16-22(20,21)9-4-3-7(17(18)19)5-8(9)11(12,13)14/h3-5,16H,6,15H2,1-2H3. The van der Waals surface area contributed by atoms with Gasteiger partial charge in [0.15, 0.2) is 0 Å². The molecule has 22 heavy (non-hydrogen) atoms. The second-order valence-corrected chi connectivity index (χ2v) is 6.78. The SMILES string of the molecule is CC(C)(CN)NS(=O)(=O)c1ccc([N+](=O)[O-])cc1C(F)(F)F. The number of nitrogens with zero attached hydrogens (tertiary/aromatic N) is 1. The quantitative estimate of drug-likeness (QED) is 0.624. The summed E-state index contributed by atoms with van der Waals surface area (Å²) in [7, 11) is -4.56. The summed E-state index contributed by atoms with van der Waals surface area (Å²) in [5, 5.41) is 10.6. The first-order chi connectivity index (χ1) is 9.80. The minimum absolute atomic E-state index is 0.152. The Labute approximate surface area is 124 Å². The highest BCUT2D eigenvalue weighted by Gasteiger charge is 2.39. The molecule has 0 radical (unpaired) electrons. The molecule has 0 spiro atoms. The van der Waals surface area contributed by atoms with E-state index >= 15 is 0 Å². The molecule has 0 heterocycles. The third-order valence-corrected chi connectivity index (χ3v) is 4.45. The van der Waals surface area contributed by atoms with Crippen LogP contribution in [0.25, 0.3) is 0 Å². The van der Waals surface area contributed by atoms with Crippen molar-refractivity contribution in [1.82, 2.24) is 4.72 Å². The Morgan fingerprint density at radius 2 is 1.86 bits per heavy atom. The number of benzene rings is 1. The maximum atomic E-state index is 13.0. The number of sulfonamides is 1. The highest BCUT2D eigenvalue weighted by Crippen LogP contribution is 2.36. The Hall–Kier alpha value is -1.72. The van der Waals surface area contributed by atoms with Crippen molar-refractivity contribution in [1.29, 1.82) is 0 Å². The van der Waals surface area contributed by atoms with Crippen molar-refractivity contribution in [2.45, 2.75) is 30.5 Å². The molecular weight excluding hydrogens is 327 g/mol. The first-order valence-electron chi connectivity index (χ1n) is 5.90. The number of nitro benzene ring substituents is 1. The fourth-order valence-corrected chi connectivity index (χ4v) is 3.18. The summed E-state index contributed by atoms with van der Waals surface area (Å²) in [6.07, 6.45) is -5.07. The second kappa shape index (κ2) is 5.82. The van der Waals surface area contributed by atoms with Crippen LogP contribution in [0.1, 0.15) is 19.4 Å². The number of rotatable bonds is 5. The number of nitrogens with two attached hydrogens (primary N) is 1. The minimum atomic E-state index is -5.07. The highest BCUT2D eigenvalue weighted by atomic mass is 32.2. The Morgan fingerprint density at radius 3 is 2.27 bits per heavy atom. The smallest absolute Gasteiger partial charge is 0.329 e. The van der Waals surface area contributed by atoms with Crippen molar-refractivity contribution in [3.63, 3.8) is 0 Å². The van der Waals surface area contributed by atoms with Crippen LogP contribution in [0.2, 0.25) is 0 Å². The Kier molecular flexibility index (Phi) is 4.85. The summed E-state index contributed by atoms with van der Waals surface area (Å²) >= 11 is 0. The largest absolute Gasteiger partial charge is 0.417 e. The number of hydrogen-bond donors (Lipinski definition) is 2. The highest BCUT2D eigenvalue weighted by molar-refractivity contribution is 7.89. The van der Waals surface area contributed by atoms with E-state index in [1.54, 1.807) is 0 Å². The van der Waals surface area contributed by atoms with Crippen molar-refractivity contribution < 1.29 is 26.5 Å². The number of nitrogens with one attached hydrogen (secondary N) is 1. The van der Waals surface area contributed by atoms with Gasteiger partial charge in [-0.1, -0.05) is 0 Å². The van der Waals surface area contributed by atoms with E-state index in [-0.39, 0.29) is 12.6 Å². The van der Waals surface area contributed by atoms with E-state index in [4.69, 9.17) is 5.73 Å². The molecule has 0 amide bonds. The molecule has 124 valence electrons. The molecule has 0 aromatic heterocycles. The molecule has 11 heteroatoms. The predicted molar refractivity (Wildman–Crippen MR) is 71.6 cm³/mol. The van der Waals surface area contributed by atoms with Crippen LogP contribution in [0.4, 0.5) is 18.9 Å². The van der Waals surface area contributed by atoms with Crippen molar-refractivity contribution in [2.75, 3.05) is 6.54 Å². The molecule has 0 saturated carbocycles. The maximum absolute atomic E-state index is 13.0. The Balaban J connectivity index is 3.50. The zero-order valence-electron chi connectivity index (χ0n) is 11.6. The average Bonchev–Trinajstić information content (AvgIpc) is 2.35. The summed E-state index contributed by atoms with van der Waals surface area (Å²) in [6.45, 7) is 2.63. The zero-order valence-corrected chi connectivity index (χ0v) is 12.5. The van der Waals surface area contributed by atoms with Crippen molar-refractivity contribution in [3.05, 3.63) is 33.9 Å². The van der Waals surface area contributed by atoms with Crippen LogP contribution in [0.3, 0.4) is 0 Å². The number of hydrogen-bond acceptors (Lipinski definition) is 5. The van der Waals surface area contributed by atoms with Crippen LogP contribution >= 0.6 is 0 Å². The molecule has 0 aliphatic rings. The summed E-state index contributed by atoms with van der Waals surface area (Å²) < 4.78 is 65.3. The van der Waals surface area contributed by atoms with Gasteiger partial charge in [-0.2, -0.15) is 13.2 Å². The third kappa shape index (κ3) is 4.15. The predicted octanol–water partition coefficient (Wildman–Crippen LogP) is 1.63. The summed E-state index contributed by atoms with van der Waals surface area (Å²) in [6, 6.07) is 1.43. The van der Waals surface area contributed by atoms with E-state index in [0.717, 1.165) is 0 Å². The molecule has 7 nitrogen and oxygen atoms in total. The normalized spacial score (nSPS) is 13.2. The van der Waals surface area contributed by atoms with E-state index in [2.05, 4.69) is 0 Å². The topological polar surface area (TPSA) is 115 Å². The van der Waals surface area contributed by atoms with Gasteiger partial charge in [-0.25, -0.2) is 13.1 Å². The van der Waals surface area contributed by atoms with E-state index in [9.17, 15) is 31.7 Å². The van der Waals surface area contributed by atoms with E-state index < -0.39 is 42.8 Å². The molecular formula is C11H14F3N3O4S. The van der Waals surface area contributed by atoms with Crippen LogP contribution in [0, 0.1) is 10.1 Å². The van der Waals surface area contributed by atoms with E-state index in [0.29, 0.717) is 12.1 Å². The van der Waals surface area contributed by atoms with Crippen molar-refractivity contribution >= 4 is 15.7 Å². The third-order valence-electron chi connectivity index (χ3n) is 2.69. The molecule has 1 rings (SSSR count). The number of nitro groups is 1. The fourth-order valence-electron chi connectivity index (χ4n) is 1.55. The molecule has 1 aromatic rings. The molecule has 0 fully saturated rings. The first kappa shape index (κ1) is 18.3. The van der Waals surface area contributed by atoms with Gasteiger partial charge in [0.25, 0.3) is 5.69 Å². The van der Waals surface area contributed by atoms with Gasteiger partial charge < -0.3 is 5.73 Å². The average molecular weight is 341 g/mol. The zero-order chi connectivity index (χ0) is 17.3. The lowest BCUT2D eigenvalue weighted by Gasteiger charge is -2.24. The van der Waals surface area contributed by atoms with E-state index in [1.165, 1.54) is 13.8 Å². The molecule has 0 saturated heterocycles. The van der Waals surface area contributed by atoms with Crippen LogP contribution in [-0.2, 0) is 16.2 Å². The lowest BCUT2D eigenvalue weighted by atomic mass is 10.1. The summed E-state index contributed by atoms with van der Waals surface area (Å²) in [4.78, 5) is 8.44. The number of halogens is 3. The second-order valence-electron chi connectivity index (χ2n) is 5.13. The monoisotopic (exact) mass is 341 g/mol. The van der Waals surface area contributed by atoms with Crippen molar-refractivity contribution in [2.24, 2.45) is 5.73 Å². The number of alkyl halides is 3. The molecule has 3 N–H and O–H groups in total. The van der Waals surface area contributed by atoms with Gasteiger partial charge in [-0.15, -0.1) is 0 Å². The molecule has 0 unspecified atom stereocenters. The Bertz CT molecular complexity index is 686. The van der Waals surface area contributed by atoms with Gasteiger partial charge in [0.2, 0.25) is 10.0 Å². The van der Waals surface area contributed by atoms with Gasteiger partial charge in [-0.05, 0) is 19.9 Å². The van der Waals surface area contributed by atoms with Gasteiger partial charge in [0.1, 0.15) is 0 Å². The minimum Gasteiger partial charge on any atom is -0.329 e. The van der Waals surface area contributed by atoms with Gasteiger partial charge in [0.05, 0.1) is 15.4 Å². The summed E-state index contributed by atoms with van der Waals surface area (Å²) in [5.41, 5.74) is 1.70. The fraction of sp³-hybridized carbons (Fsp3) is 0.455. The van der Waals surface area contributed by atoms with Gasteiger partial charge in [-0.3, -0.25) is 10.1 Å². The molecule has 1 aromatic carbocycles. The molecule has 0 aliphatic carbocycles. The van der Waals surface area contributed by atoms with Crippen LogP contribution in [0.5, 0.6) is 0 Å². The van der Waals surface area contributed by atoms with Crippen LogP contribution < -0.4 is 10.5 Å². The number of non-ortho nitro benzene ring substituents is 1. The summed E-state index contributed by atoms with van der Waals surface area (Å²) in [5.74, 6) is 0. The molecule has 0 bridgehead atoms. The van der Waals surface area contributed by atoms with Crippen molar-refractivity contribution in [3.8, 4) is 0 Å². The maximum Gasteiger partial charge on any atom is 0.417 e. The lowest BCUT2D eigenvalue weighted by Crippen LogP contribution is -2.49. The van der Waals surface area contributed by atoms with Gasteiger partial charge >= 0.3 is 6.18 Å². The molecule has 0 aliphatic heterocycles. The van der Waals surface area contributed by atoms with Gasteiger partial charge in [0, 0.05) is 24.2 Å².